The van der Waals surface area contributed by atoms with Crippen molar-refractivity contribution in [3.8, 4) is 0 Å². The van der Waals surface area contributed by atoms with Crippen LogP contribution >= 0.6 is 11.6 Å². The van der Waals surface area contributed by atoms with Crippen LogP contribution in [-0.2, 0) is 14.3 Å². The average molecular weight is 405 g/mol. The number of hydrogen-bond donors (Lipinski definition) is 2. The van der Waals surface area contributed by atoms with E-state index in [1.807, 2.05) is 0 Å². The molecule has 0 aliphatic rings. The second kappa shape index (κ2) is 10.2. The maximum absolute atomic E-state index is 13.6. The Labute approximate surface area is 166 Å². The first-order chi connectivity index (χ1) is 13.4. The lowest BCUT2D eigenvalue weighted by atomic mass is 10.2. The lowest BCUT2D eigenvalue weighted by Crippen LogP contribution is -2.23. The van der Waals surface area contributed by atoms with E-state index in [0.717, 1.165) is 6.08 Å². The molecule has 28 heavy (non-hydrogen) atoms. The van der Waals surface area contributed by atoms with Gasteiger partial charge < -0.3 is 15.4 Å². The Morgan fingerprint density at radius 1 is 1.18 bits per heavy atom. The number of ether oxygens (including phenoxy) is 1. The summed E-state index contributed by atoms with van der Waals surface area (Å²) in [6.07, 6.45) is 2.15. The van der Waals surface area contributed by atoms with E-state index in [-0.39, 0.29) is 16.5 Å². The molecular formula is C20H18ClFN2O4. The van der Waals surface area contributed by atoms with Crippen LogP contribution in [0.2, 0.25) is 5.02 Å². The number of benzene rings is 2. The van der Waals surface area contributed by atoms with Gasteiger partial charge in [0.1, 0.15) is 5.82 Å². The molecule has 0 atom stereocenters. The third-order valence-corrected chi connectivity index (χ3v) is 3.81. The van der Waals surface area contributed by atoms with Gasteiger partial charge in [-0.2, -0.15) is 0 Å². The predicted octanol–water partition coefficient (Wildman–Crippen LogP) is 3.42. The quantitative estimate of drug-likeness (QED) is 0.547. The van der Waals surface area contributed by atoms with E-state index in [2.05, 4.69) is 10.6 Å². The number of carbonyl (C=O) groups excluding carboxylic acids is 3. The minimum atomic E-state index is -0.828. The molecule has 0 saturated carbocycles. The van der Waals surface area contributed by atoms with Gasteiger partial charge in [0.2, 0.25) is 0 Å². The van der Waals surface area contributed by atoms with Gasteiger partial charge in [-0.15, -0.1) is 0 Å². The molecule has 0 aromatic heterocycles. The van der Waals surface area contributed by atoms with Crippen LogP contribution in [0.3, 0.4) is 0 Å². The van der Waals surface area contributed by atoms with Gasteiger partial charge in [-0.1, -0.05) is 23.7 Å². The zero-order chi connectivity index (χ0) is 20.5. The summed E-state index contributed by atoms with van der Waals surface area (Å²) in [4.78, 5) is 35.4. The predicted molar refractivity (Wildman–Crippen MR) is 104 cm³/mol. The van der Waals surface area contributed by atoms with Crippen molar-refractivity contribution < 1.29 is 23.5 Å². The van der Waals surface area contributed by atoms with Crippen LogP contribution in [0.5, 0.6) is 0 Å². The average Bonchev–Trinajstić information content (AvgIpc) is 2.66. The summed E-state index contributed by atoms with van der Waals surface area (Å²) in [5.74, 6) is -2.26. The van der Waals surface area contributed by atoms with Crippen molar-refractivity contribution in [3.63, 3.8) is 0 Å². The Kier molecular flexibility index (Phi) is 7.71. The van der Waals surface area contributed by atoms with Gasteiger partial charge in [-0.3, -0.25) is 9.59 Å². The van der Waals surface area contributed by atoms with Crippen LogP contribution in [0, 0.1) is 5.82 Å². The topological polar surface area (TPSA) is 84.5 Å². The molecule has 0 bridgehead atoms. The smallest absolute Gasteiger partial charge is 0.331 e. The third-order valence-electron chi connectivity index (χ3n) is 3.48. The second-order valence-corrected chi connectivity index (χ2v) is 5.97. The highest BCUT2D eigenvalue weighted by molar-refractivity contribution is 6.32. The number of rotatable bonds is 7. The molecule has 2 aromatic rings. The Balaban J connectivity index is 1.88. The Bertz CT molecular complexity index is 895. The van der Waals surface area contributed by atoms with Crippen LogP contribution < -0.4 is 10.6 Å². The zero-order valence-corrected chi connectivity index (χ0v) is 15.8. The van der Waals surface area contributed by atoms with Crippen molar-refractivity contribution in [2.45, 2.75) is 6.92 Å². The van der Waals surface area contributed by atoms with E-state index < -0.39 is 24.3 Å². The van der Waals surface area contributed by atoms with E-state index in [1.165, 1.54) is 30.3 Å². The molecule has 2 amide bonds. The molecule has 0 saturated heterocycles. The summed E-state index contributed by atoms with van der Waals surface area (Å²) in [6.45, 7) is 1.74. The summed E-state index contributed by atoms with van der Waals surface area (Å²) < 4.78 is 18.4. The molecule has 0 heterocycles. The normalized spacial score (nSPS) is 10.5. The molecule has 8 heteroatoms. The van der Waals surface area contributed by atoms with Crippen molar-refractivity contribution in [2.75, 3.05) is 18.5 Å². The number of amides is 2. The van der Waals surface area contributed by atoms with E-state index in [1.54, 1.807) is 25.1 Å². The van der Waals surface area contributed by atoms with Crippen molar-refractivity contribution in [3.05, 3.63) is 70.5 Å². The van der Waals surface area contributed by atoms with Crippen LogP contribution in [0.25, 0.3) is 6.08 Å². The van der Waals surface area contributed by atoms with Gasteiger partial charge in [-0.25, -0.2) is 9.18 Å². The van der Waals surface area contributed by atoms with Crippen LogP contribution in [0.1, 0.15) is 22.8 Å². The van der Waals surface area contributed by atoms with E-state index >= 15 is 0 Å². The number of anilines is 1. The first-order valence-electron chi connectivity index (χ1n) is 8.37. The van der Waals surface area contributed by atoms with Crippen molar-refractivity contribution in [1.82, 2.24) is 5.32 Å². The van der Waals surface area contributed by atoms with Gasteiger partial charge >= 0.3 is 5.97 Å². The molecule has 2 rings (SSSR count). The third kappa shape index (κ3) is 6.21. The minimum Gasteiger partial charge on any atom is -0.452 e. The molecule has 0 radical (unpaired) electrons. The summed E-state index contributed by atoms with van der Waals surface area (Å²) in [7, 11) is 0. The van der Waals surface area contributed by atoms with E-state index in [4.69, 9.17) is 16.3 Å². The first-order valence-corrected chi connectivity index (χ1v) is 8.75. The summed E-state index contributed by atoms with van der Waals surface area (Å²) in [5.41, 5.74) is 0.826. The Morgan fingerprint density at radius 2 is 1.93 bits per heavy atom. The lowest BCUT2D eigenvalue weighted by Gasteiger charge is -2.07. The fraction of sp³-hybridized carbons (Fsp3) is 0.150. The monoisotopic (exact) mass is 404 g/mol. The Hall–Kier alpha value is -3.19. The van der Waals surface area contributed by atoms with Gasteiger partial charge in [0.15, 0.2) is 6.61 Å². The maximum Gasteiger partial charge on any atom is 0.331 e. The standard InChI is InChI=1S/C20H18ClFN2O4/c1-2-23-20(27)13-5-3-6-14(11-13)24-18(25)12-28-19(26)10-9-15-16(21)7-4-8-17(15)22/h3-11H,2,12H2,1H3,(H,23,27)(H,24,25)/b10-9+. The van der Waals surface area contributed by atoms with E-state index in [0.29, 0.717) is 17.8 Å². The molecule has 0 spiro atoms. The van der Waals surface area contributed by atoms with Crippen molar-refractivity contribution >= 4 is 41.1 Å². The molecule has 2 N–H and O–H groups in total. The fourth-order valence-electron chi connectivity index (χ4n) is 2.20. The first kappa shape index (κ1) is 21.1. The molecular weight excluding hydrogens is 387 g/mol. The highest BCUT2D eigenvalue weighted by Crippen LogP contribution is 2.20. The number of hydrogen-bond acceptors (Lipinski definition) is 4. The number of nitrogens with one attached hydrogen (secondary N) is 2. The molecule has 0 aliphatic carbocycles. The van der Waals surface area contributed by atoms with Crippen LogP contribution in [0.4, 0.5) is 10.1 Å². The van der Waals surface area contributed by atoms with Crippen LogP contribution in [0.15, 0.2) is 48.5 Å². The molecule has 6 nitrogen and oxygen atoms in total. The van der Waals surface area contributed by atoms with Crippen molar-refractivity contribution in [1.29, 1.82) is 0 Å². The van der Waals surface area contributed by atoms with Crippen molar-refractivity contribution in [2.24, 2.45) is 0 Å². The molecule has 0 fully saturated rings. The molecule has 0 aliphatic heterocycles. The molecule has 2 aromatic carbocycles. The second-order valence-electron chi connectivity index (χ2n) is 5.56. The highest BCUT2D eigenvalue weighted by Gasteiger charge is 2.09. The van der Waals surface area contributed by atoms with Gasteiger partial charge in [0.05, 0.1) is 5.02 Å². The van der Waals surface area contributed by atoms with Gasteiger partial charge in [0.25, 0.3) is 11.8 Å². The SMILES string of the molecule is CCNC(=O)c1cccc(NC(=O)COC(=O)/C=C/c2c(F)cccc2Cl)c1. The summed E-state index contributed by atoms with van der Waals surface area (Å²) in [5, 5.41) is 5.33. The molecule has 146 valence electrons. The lowest BCUT2D eigenvalue weighted by molar-refractivity contribution is -0.142. The van der Waals surface area contributed by atoms with Crippen LogP contribution in [-0.4, -0.2) is 30.9 Å². The summed E-state index contributed by atoms with van der Waals surface area (Å²) >= 11 is 5.85. The fourth-order valence-corrected chi connectivity index (χ4v) is 2.43. The Morgan fingerprint density at radius 3 is 2.64 bits per heavy atom. The van der Waals surface area contributed by atoms with Gasteiger partial charge in [0, 0.05) is 29.4 Å². The van der Waals surface area contributed by atoms with Gasteiger partial charge in [-0.05, 0) is 43.3 Å². The number of halogens is 2. The minimum absolute atomic E-state index is 0.0488. The maximum atomic E-state index is 13.6. The number of carbonyl (C=O) groups is 3. The number of esters is 1. The summed E-state index contributed by atoms with van der Waals surface area (Å²) in [6, 6.07) is 10.5. The zero-order valence-electron chi connectivity index (χ0n) is 15.0. The largest absolute Gasteiger partial charge is 0.452 e. The molecule has 0 unspecified atom stereocenters. The van der Waals surface area contributed by atoms with E-state index in [9.17, 15) is 18.8 Å². The highest BCUT2D eigenvalue weighted by atomic mass is 35.5.